The Morgan fingerprint density at radius 3 is 2.93 bits per heavy atom. The summed E-state index contributed by atoms with van der Waals surface area (Å²) in [6, 6.07) is 6.02. The van der Waals surface area contributed by atoms with Crippen molar-refractivity contribution in [1.29, 1.82) is 0 Å². The molecule has 0 bridgehead atoms. The van der Waals surface area contributed by atoms with Gasteiger partial charge in [-0.05, 0) is 34.1 Å². The van der Waals surface area contributed by atoms with Crippen molar-refractivity contribution in [2.45, 2.75) is 0 Å². The summed E-state index contributed by atoms with van der Waals surface area (Å²) < 4.78 is 2.94. The Labute approximate surface area is 94.9 Å². The lowest BCUT2D eigenvalue weighted by Gasteiger charge is -1.96. The summed E-state index contributed by atoms with van der Waals surface area (Å²) in [4.78, 5) is 8.61. The highest BCUT2D eigenvalue weighted by atomic mass is 79.9. The summed E-state index contributed by atoms with van der Waals surface area (Å²) in [5.41, 5.74) is 2.14. The molecule has 0 N–H and O–H groups in total. The van der Waals surface area contributed by atoms with Crippen LogP contribution in [0.25, 0.3) is 21.9 Å². The van der Waals surface area contributed by atoms with Crippen LogP contribution in [-0.2, 0) is 7.05 Å². The van der Waals surface area contributed by atoms with Crippen molar-refractivity contribution < 1.29 is 0 Å². The van der Waals surface area contributed by atoms with E-state index in [1.807, 2.05) is 25.4 Å². The number of halogens is 1. The van der Waals surface area contributed by atoms with E-state index < -0.39 is 0 Å². The third-order valence-electron chi connectivity index (χ3n) is 2.61. The van der Waals surface area contributed by atoms with Crippen LogP contribution in [0.15, 0.2) is 35.2 Å². The molecule has 0 aliphatic rings. The van der Waals surface area contributed by atoms with Gasteiger partial charge in [0.05, 0.1) is 5.52 Å². The first-order valence-electron chi connectivity index (χ1n) is 4.62. The highest BCUT2D eigenvalue weighted by Gasteiger charge is 2.08. The van der Waals surface area contributed by atoms with Gasteiger partial charge in [0.15, 0.2) is 0 Å². The molecule has 0 aliphatic heterocycles. The second kappa shape index (κ2) is 3.03. The molecule has 0 amide bonds. The molecule has 0 fully saturated rings. The summed E-state index contributed by atoms with van der Waals surface area (Å²) in [7, 11) is 2.02. The Kier molecular flexibility index (Phi) is 1.79. The van der Waals surface area contributed by atoms with Gasteiger partial charge in [0, 0.05) is 30.2 Å². The lowest BCUT2D eigenvalue weighted by Crippen LogP contribution is -1.89. The molecule has 3 heterocycles. The molecule has 0 unspecified atom stereocenters. The van der Waals surface area contributed by atoms with E-state index >= 15 is 0 Å². The van der Waals surface area contributed by atoms with Gasteiger partial charge in [0.2, 0.25) is 0 Å². The highest BCUT2D eigenvalue weighted by Crippen LogP contribution is 2.26. The summed E-state index contributed by atoms with van der Waals surface area (Å²) in [5.74, 6) is 0. The topological polar surface area (TPSA) is 30.7 Å². The number of fused-ring (bicyclic) bond motifs is 3. The first kappa shape index (κ1) is 8.85. The van der Waals surface area contributed by atoms with Gasteiger partial charge in [0.1, 0.15) is 10.3 Å². The monoisotopic (exact) mass is 261 g/mol. The van der Waals surface area contributed by atoms with E-state index in [2.05, 4.69) is 36.5 Å². The molecule has 3 aromatic heterocycles. The minimum Gasteiger partial charge on any atom is -0.328 e. The quantitative estimate of drug-likeness (QED) is 0.583. The molecule has 0 radical (unpaired) electrons. The van der Waals surface area contributed by atoms with Gasteiger partial charge >= 0.3 is 0 Å². The summed E-state index contributed by atoms with van der Waals surface area (Å²) in [5, 5.41) is 2.29. The smallest absolute Gasteiger partial charge is 0.142 e. The molecule has 3 aromatic rings. The Morgan fingerprint density at radius 2 is 2.07 bits per heavy atom. The van der Waals surface area contributed by atoms with Crippen LogP contribution in [0, 0.1) is 0 Å². The van der Waals surface area contributed by atoms with Crippen molar-refractivity contribution in [1.82, 2.24) is 14.5 Å². The molecule has 15 heavy (non-hydrogen) atoms. The molecule has 74 valence electrons. The number of nitrogens with zero attached hydrogens (tertiary/aromatic N) is 3. The number of aryl methyl sites for hydroxylation is 1. The normalized spacial score (nSPS) is 11.3. The molecule has 0 saturated heterocycles. The van der Waals surface area contributed by atoms with E-state index in [4.69, 9.17) is 0 Å². The van der Waals surface area contributed by atoms with Crippen LogP contribution in [-0.4, -0.2) is 14.5 Å². The fraction of sp³-hybridized carbons (Fsp3) is 0.0909. The van der Waals surface area contributed by atoms with Crippen molar-refractivity contribution in [3.8, 4) is 0 Å². The van der Waals surface area contributed by atoms with Gasteiger partial charge < -0.3 is 4.57 Å². The number of pyridine rings is 2. The summed E-state index contributed by atoms with van der Waals surface area (Å²) in [6.45, 7) is 0. The maximum absolute atomic E-state index is 4.46. The summed E-state index contributed by atoms with van der Waals surface area (Å²) in [6.07, 6.45) is 3.68. The molecule has 3 nitrogen and oxygen atoms in total. The molecule has 3 rings (SSSR count). The number of hydrogen-bond donors (Lipinski definition) is 0. The Hall–Kier alpha value is -1.42. The highest BCUT2D eigenvalue weighted by molar-refractivity contribution is 9.10. The zero-order valence-electron chi connectivity index (χ0n) is 8.11. The predicted octanol–water partition coefficient (Wildman–Crippen LogP) is 2.88. The van der Waals surface area contributed by atoms with Crippen LogP contribution in [0.4, 0.5) is 0 Å². The molecule has 4 heteroatoms. The van der Waals surface area contributed by atoms with Crippen molar-refractivity contribution in [3.63, 3.8) is 0 Å². The average Bonchev–Trinajstić information content (AvgIpc) is 2.54. The zero-order chi connectivity index (χ0) is 10.4. The van der Waals surface area contributed by atoms with Gasteiger partial charge in [0.25, 0.3) is 0 Å². The van der Waals surface area contributed by atoms with Crippen molar-refractivity contribution in [2.24, 2.45) is 7.05 Å². The standard InChI is InChI=1S/C11H8BrN3/c1-15-9-4-5-13-6-8(9)7-2-3-10(12)14-11(7)15/h2-6H,1H3. The van der Waals surface area contributed by atoms with Crippen LogP contribution >= 0.6 is 15.9 Å². The molecule has 0 saturated carbocycles. The van der Waals surface area contributed by atoms with E-state index in [1.54, 1.807) is 6.20 Å². The van der Waals surface area contributed by atoms with Gasteiger partial charge in [-0.25, -0.2) is 4.98 Å². The first-order valence-corrected chi connectivity index (χ1v) is 5.41. The lowest BCUT2D eigenvalue weighted by atomic mass is 10.2. The second-order valence-electron chi connectivity index (χ2n) is 3.46. The predicted molar refractivity (Wildman–Crippen MR) is 63.7 cm³/mol. The Morgan fingerprint density at radius 1 is 1.20 bits per heavy atom. The fourth-order valence-corrected chi connectivity index (χ4v) is 2.19. The van der Waals surface area contributed by atoms with Crippen LogP contribution in [0.3, 0.4) is 0 Å². The first-order chi connectivity index (χ1) is 7.27. The van der Waals surface area contributed by atoms with E-state index in [0.717, 1.165) is 26.5 Å². The third kappa shape index (κ3) is 1.18. The maximum atomic E-state index is 4.46. The lowest BCUT2D eigenvalue weighted by molar-refractivity contribution is 0.985. The van der Waals surface area contributed by atoms with Crippen LogP contribution in [0.1, 0.15) is 0 Å². The van der Waals surface area contributed by atoms with Gasteiger partial charge in [-0.1, -0.05) is 0 Å². The average molecular weight is 262 g/mol. The SMILES string of the molecule is Cn1c2ccncc2c2ccc(Br)nc21. The molecule has 0 atom stereocenters. The van der Waals surface area contributed by atoms with E-state index in [0.29, 0.717) is 0 Å². The number of rotatable bonds is 0. The molecule has 0 spiro atoms. The van der Waals surface area contributed by atoms with Gasteiger partial charge in [-0.15, -0.1) is 0 Å². The van der Waals surface area contributed by atoms with Crippen LogP contribution in [0.2, 0.25) is 0 Å². The van der Waals surface area contributed by atoms with Gasteiger partial charge in [-0.2, -0.15) is 0 Å². The van der Waals surface area contributed by atoms with E-state index in [9.17, 15) is 0 Å². The minimum absolute atomic E-state index is 0.855. The maximum Gasteiger partial charge on any atom is 0.142 e. The third-order valence-corrected chi connectivity index (χ3v) is 3.05. The minimum atomic E-state index is 0.855. The van der Waals surface area contributed by atoms with E-state index in [1.165, 1.54) is 0 Å². The Bertz CT molecular complexity index is 657. The molecular weight excluding hydrogens is 254 g/mol. The van der Waals surface area contributed by atoms with Crippen LogP contribution in [0.5, 0.6) is 0 Å². The summed E-state index contributed by atoms with van der Waals surface area (Å²) >= 11 is 3.38. The van der Waals surface area contributed by atoms with Crippen molar-refractivity contribution >= 4 is 37.9 Å². The molecular formula is C11H8BrN3. The zero-order valence-corrected chi connectivity index (χ0v) is 9.69. The van der Waals surface area contributed by atoms with Gasteiger partial charge in [-0.3, -0.25) is 4.98 Å². The largest absolute Gasteiger partial charge is 0.328 e. The van der Waals surface area contributed by atoms with Crippen molar-refractivity contribution in [3.05, 3.63) is 35.2 Å². The van der Waals surface area contributed by atoms with E-state index in [-0.39, 0.29) is 0 Å². The number of hydrogen-bond acceptors (Lipinski definition) is 2. The second-order valence-corrected chi connectivity index (χ2v) is 4.27. The molecule has 0 aromatic carbocycles. The molecule has 0 aliphatic carbocycles. The Balaban J connectivity index is 2.63. The fourth-order valence-electron chi connectivity index (χ4n) is 1.89. The number of aromatic nitrogens is 3. The van der Waals surface area contributed by atoms with Crippen LogP contribution < -0.4 is 0 Å². The van der Waals surface area contributed by atoms with Crippen molar-refractivity contribution in [2.75, 3.05) is 0 Å².